The number of carbonyl (C=O) groups is 1. The maximum Gasteiger partial charge on any atom is 0.265 e. The average Bonchev–Trinajstić information content (AvgIpc) is 2.68. The Labute approximate surface area is 119 Å². The molecule has 4 N–H and O–H groups in total. The van der Waals surface area contributed by atoms with Crippen LogP contribution in [0, 0.1) is 5.92 Å². The Balaban J connectivity index is 2.64. The van der Waals surface area contributed by atoms with Gasteiger partial charge in [0.25, 0.3) is 5.91 Å². The van der Waals surface area contributed by atoms with Gasteiger partial charge in [0.15, 0.2) is 5.13 Å². The van der Waals surface area contributed by atoms with Gasteiger partial charge in [-0.25, -0.2) is 4.98 Å². The van der Waals surface area contributed by atoms with Crippen molar-refractivity contribution >= 4 is 28.2 Å². The monoisotopic (exact) mass is 284 g/mol. The van der Waals surface area contributed by atoms with Gasteiger partial charge in [0.05, 0.1) is 0 Å². The van der Waals surface area contributed by atoms with Crippen LogP contribution in [0.2, 0.25) is 0 Å². The first kappa shape index (κ1) is 15.8. The Hall–Kier alpha value is -1.30. The molecule has 0 radical (unpaired) electrons. The summed E-state index contributed by atoms with van der Waals surface area (Å²) in [6.07, 6.45) is 2.00. The van der Waals surface area contributed by atoms with E-state index in [-0.39, 0.29) is 11.9 Å². The molecule has 0 aromatic carbocycles. The summed E-state index contributed by atoms with van der Waals surface area (Å²) >= 11 is 1.31. The van der Waals surface area contributed by atoms with E-state index in [0.717, 1.165) is 19.4 Å². The quantitative estimate of drug-likeness (QED) is 0.719. The highest BCUT2D eigenvalue weighted by Crippen LogP contribution is 2.25. The molecular formula is C13H24N4OS. The van der Waals surface area contributed by atoms with Gasteiger partial charge in [-0.3, -0.25) is 4.79 Å². The van der Waals surface area contributed by atoms with Crippen molar-refractivity contribution in [3.05, 3.63) is 4.88 Å². The minimum absolute atomic E-state index is 0.131. The van der Waals surface area contributed by atoms with Crippen molar-refractivity contribution in [2.45, 2.75) is 46.6 Å². The van der Waals surface area contributed by atoms with Gasteiger partial charge in [-0.2, -0.15) is 0 Å². The number of nitrogens with two attached hydrogens (primary N) is 1. The zero-order valence-electron chi connectivity index (χ0n) is 12.1. The van der Waals surface area contributed by atoms with Crippen molar-refractivity contribution in [2.24, 2.45) is 5.92 Å². The molecule has 0 bridgehead atoms. The van der Waals surface area contributed by atoms with Gasteiger partial charge in [-0.05, 0) is 19.3 Å². The van der Waals surface area contributed by atoms with Gasteiger partial charge in [-0.15, -0.1) is 0 Å². The van der Waals surface area contributed by atoms with Crippen LogP contribution in [0.1, 0.15) is 50.2 Å². The van der Waals surface area contributed by atoms with E-state index in [0.29, 0.717) is 21.7 Å². The molecule has 6 heteroatoms. The first-order valence-electron chi connectivity index (χ1n) is 6.75. The number of rotatable bonds is 7. The fourth-order valence-electron chi connectivity index (χ4n) is 1.66. The Morgan fingerprint density at radius 2 is 2.11 bits per heavy atom. The van der Waals surface area contributed by atoms with Gasteiger partial charge < -0.3 is 16.4 Å². The SMILES string of the molecule is CCCC(C)NC(=O)c1sc(NCC(C)C)nc1N. The van der Waals surface area contributed by atoms with Crippen LogP contribution in [0.4, 0.5) is 10.9 Å². The molecule has 0 saturated carbocycles. The molecular weight excluding hydrogens is 260 g/mol. The Morgan fingerprint density at radius 1 is 1.42 bits per heavy atom. The average molecular weight is 284 g/mol. The fourth-order valence-corrected chi connectivity index (χ4v) is 2.45. The van der Waals surface area contributed by atoms with Crippen LogP contribution in [0.15, 0.2) is 0 Å². The highest BCUT2D eigenvalue weighted by atomic mass is 32.1. The van der Waals surface area contributed by atoms with Crippen molar-refractivity contribution in [1.29, 1.82) is 0 Å². The molecule has 1 heterocycles. The number of nitrogen functional groups attached to an aromatic ring is 1. The molecule has 19 heavy (non-hydrogen) atoms. The van der Waals surface area contributed by atoms with Gasteiger partial charge in [0, 0.05) is 12.6 Å². The first-order valence-corrected chi connectivity index (χ1v) is 7.56. The Kier molecular flexibility index (Phi) is 6.08. The van der Waals surface area contributed by atoms with Crippen molar-refractivity contribution in [3.63, 3.8) is 0 Å². The summed E-state index contributed by atoms with van der Waals surface area (Å²) < 4.78 is 0. The summed E-state index contributed by atoms with van der Waals surface area (Å²) in [6.45, 7) is 9.14. The molecule has 1 amide bonds. The van der Waals surface area contributed by atoms with Crippen LogP contribution < -0.4 is 16.4 Å². The highest BCUT2D eigenvalue weighted by molar-refractivity contribution is 7.18. The topological polar surface area (TPSA) is 80.0 Å². The zero-order chi connectivity index (χ0) is 14.4. The lowest BCUT2D eigenvalue weighted by Gasteiger charge is -2.11. The van der Waals surface area contributed by atoms with E-state index in [4.69, 9.17) is 5.73 Å². The predicted octanol–water partition coefficient (Wildman–Crippen LogP) is 2.71. The van der Waals surface area contributed by atoms with Gasteiger partial charge in [-0.1, -0.05) is 38.5 Å². The minimum atomic E-state index is -0.131. The van der Waals surface area contributed by atoms with Crippen LogP contribution >= 0.6 is 11.3 Å². The number of nitrogens with one attached hydrogen (secondary N) is 2. The van der Waals surface area contributed by atoms with E-state index in [1.807, 2.05) is 6.92 Å². The van der Waals surface area contributed by atoms with E-state index >= 15 is 0 Å². The van der Waals surface area contributed by atoms with Gasteiger partial charge in [0.2, 0.25) is 0 Å². The van der Waals surface area contributed by atoms with E-state index < -0.39 is 0 Å². The molecule has 0 spiro atoms. The fraction of sp³-hybridized carbons (Fsp3) is 0.692. The van der Waals surface area contributed by atoms with Crippen molar-refractivity contribution in [3.8, 4) is 0 Å². The number of thiazole rings is 1. The second kappa shape index (κ2) is 7.33. The molecule has 1 aromatic heterocycles. The van der Waals surface area contributed by atoms with Crippen molar-refractivity contribution in [1.82, 2.24) is 10.3 Å². The lowest BCUT2D eigenvalue weighted by Crippen LogP contribution is -2.32. The Morgan fingerprint density at radius 3 is 2.68 bits per heavy atom. The number of carbonyl (C=O) groups excluding carboxylic acids is 1. The molecule has 0 saturated heterocycles. The predicted molar refractivity (Wildman–Crippen MR) is 81.7 cm³/mol. The molecule has 108 valence electrons. The minimum Gasteiger partial charge on any atom is -0.382 e. The number of aromatic nitrogens is 1. The third-order valence-electron chi connectivity index (χ3n) is 2.62. The van der Waals surface area contributed by atoms with Gasteiger partial charge >= 0.3 is 0 Å². The molecule has 5 nitrogen and oxygen atoms in total. The van der Waals surface area contributed by atoms with E-state index in [1.54, 1.807) is 0 Å². The number of anilines is 2. The van der Waals surface area contributed by atoms with E-state index in [1.165, 1.54) is 11.3 Å². The lowest BCUT2D eigenvalue weighted by atomic mass is 10.2. The Bertz CT molecular complexity index is 417. The van der Waals surface area contributed by atoms with Crippen molar-refractivity contribution in [2.75, 3.05) is 17.6 Å². The molecule has 1 unspecified atom stereocenters. The van der Waals surface area contributed by atoms with Crippen LogP contribution in [0.25, 0.3) is 0 Å². The number of nitrogens with zero attached hydrogens (tertiary/aromatic N) is 1. The summed E-state index contributed by atoms with van der Waals surface area (Å²) in [6, 6.07) is 0.158. The summed E-state index contributed by atoms with van der Waals surface area (Å²) in [5.74, 6) is 0.693. The molecule has 0 aliphatic heterocycles. The summed E-state index contributed by atoms with van der Waals surface area (Å²) in [5.41, 5.74) is 5.80. The van der Waals surface area contributed by atoms with E-state index in [9.17, 15) is 4.79 Å². The smallest absolute Gasteiger partial charge is 0.265 e. The molecule has 0 aliphatic rings. The van der Waals surface area contributed by atoms with Crippen LogP contribution in [0.3, 0.4) is 0 Å². The maximum absolute atomic E-state index is 12.1. The van der Waals surface area contributed by atoms with Crippen molar-refractivity contribution < 1.29 is 4.79 Å². The molecule has 1 rings (SSSR count). The maximum atomic E-state index is 12.1. The lowest BCUT2D eigenvalue weighted by molar-refractivity contribution is 0.0943. The number of amides is 1. The van der Waals surface area contributed by atoms with Crippen LogP contribution in [0.5, 0.6) is 0 Å². The molecule has 1 aromatic rings. The van der Waals surface area contributed by atoms with Gasteiger partial charge in [0.1, 0.15) is 10.7 Å². The molecule has 1 atom stereocenters. The van der Waals surface area contributed by atoms with Crippen LogP contribution in [-0.2, 0) is 0 Å². The molecule has 0 fully saturated rings. The second-order valence-electron chi connectivity index (χ2n) is 5.17. The van der Waals surface area contributed by atoms with E-state index in [2.05, 4.69) is 36.4 Å². The number of hydrogen-bond donors (Lipinski definition) is 3. The standard InChI is InChI=1S/C13H24N4OS/c1-5-6-9(4)16-12(18)10-11(14)17-13(19-10)15-7-8(2)3/h8-9H,5-7,14H2,1-4H3,(H,15,17)(H,16,18). The normalized spacial score (nSPS) is 12.5. The first-order chi connectivity index (χ1) is 8.93. The summed E-state index contributed by atoms with van der Waals surface area (Å²) in [5, 5.41) is 6.83. The zero-order valence-corrected chi connectivity index (χ0v) is 12.9. The summed E-state index contributed by atoms with van der Waals surface area (Å²) in [4.78, 5) is 16.7. The largest absolute Gasteiger partial charge is 0.382 e. The van der Waals surface area contributed by atoms with Crippen LogP contribution in [-0.4, -0.2) is 23.5 Å². The molecule has 0 aliphatic carbocycles. The highest BCUT2D eigenvalue weighted by Gasteiger charge is 2.17. The third kappa shape index (κ3) is 5.06. The third-order valence-corrected chi connectivity index (χ3v) is 3.65. The second-order valence-corrected chi connectivity index (χ2v) is 6.17. The summed E-state index contributed by atoms with van der Waals surface area (Å²) in [7, 11) is 0. The number of hydrogen-bond acceptors (Lipinski definition) is 5.